The second-order valence-electron chi connectivity index (χ2n) is 10.5. The fourth-order valence-electron chi connectivity index (χ4n) is 5.00. The maximum atomic E-state index is 14.5. The fourth-order valence-corrected chi connectivity index (χ4v) is 6.97. The van der Waals surface area contributed by atoms with Gasteiger partial charge < -0.3 is 10.2 Å². The van der Waals surface area contributed by atoms with E-state index in [4.69, 9.17) is 23.2 Å². The Morgan fingerprint density at radius 2 is 1.52 bits per heavy atom. The maximum absolute atomic E-state index is 14.5. The number of benzene rings is 4. The van der Waals surface area contributed by atoms with Crippen LogP contribution in [-0.2, 0) is 32.6 Å². The van der Waals surface area contributed by atoms with Crippen LogP contribution in [0.15, 0.2) is 102 Å². The lowest BCUT2D eigenvalue weighted by molar-refractivity contribution is -0.140. The van der Waals surface area contributed by atoms with E-state index in [0.29, 0.717) is 33.4 Å². The number of nitrogens with one attached hydrogen (secondary N) is 1. The lowest BCUT2D eigenvalue weighted by Crippen LogP contribution is -2.53. The van der Waals surface area contributed by atoms with Gasteiger partial charge in [-0.1, -0.05) is 95.5 Å². The standard InChI is InChI=1S/C34H35Cl2N3O4S/c1-4-37-34(41)32(20-26-11-7-5-8-12-26)38(22-27-16-17-28(35)21-30(27)36)33(40)23-39(31-18-15-24(2)19-25(31)3)44(42,43)29-13-9-6-10-14-29/h5-19,21,32H,4,20,22-23H2,1-3H3,(H,37,41). The lowest BCUT2D eigenvalue weighted by Gasteiger charge is -2.34. The van der Waals surface area contributed by atoms with E-state index in [0.717, 1.165) is 15.4 Å². The van der Waals surface area contributed by atoms with E-state index in [2.05, 4.69) is 5.32 Å². The van der Waals surface area contributed by atoms with Crippen molar-refractivity contribution in [2.45, 2.75) is 44.7 Å². The molecule has 0 heterocycles. The maximum Gasteiger partial charge on any atom is 0.264 e. The van der Waals surface area contributed by atoms with Crippen LogP contribution in [0.1, 0.15) is 29.2 Å². The van der Waals surface area contributed by atoms with E-state index in [-0.39, 0.29) is 23.8 Å². The summed E-state index contributed by atoms with van der Waals surface area (Å²) in [6, 6.07) is 26.7. The molecule has 0 radical (unpaired) electrons. The highest BCUT2D eigenvalue weighted by molar-refractivity contribution is 7.92. The van der Waals surface area contributed by atoms with Crippen LogP contribution < -0.4 is 9.62 Å². The van der Waals surface area contributed by atoms with Gasteiger partial charge in [-0.2, -0.15) is 0 Å². The number of rotatable bonds is 12. The van der Waals surface area contributed by atoms with Crippen LogP contribution >= 0.6 is 23.2 Å². The minimum Gasteiger partial charge on any atom is -0.355 e. The molecule has 1 unspecified atom stereocenters. The number of carbonyl (C=O) groups is 2. The molecule has 0 aliphatic carbocycles. The molecule has 0 saturated heterocycles. The number of sulfonamides is 1. The van der Waals surface area contributed by atoms with Crippen molar-refractivity contribution in [2.75, 3.05) is 17.4 Å². The minimum atomic E-state index is -4.18. The molecular weight excluding hydrogens is 617 g/mol. The largest absolute Gasteiger partial charge is 0.355 e. The summed E-state index contributed by atoms with van der Waals surface area (Å²) in [5, 5.41) is 3.60. The van der Waals surface area contributed by atoms with Crippen LogP contribution in [0.5, 0.6) is 0 Å². The average Bonchev–Trinajstić information content (AvgIpc) is 3.00. The van der Waals surface area contributed by atoms with Gasteiger partial charge in [0.25, 0.3) is 10.0 Å². The van der Waals surface area contributed by atoms with Gasteiger partial charge >= 0.3 is 0 Å². The summed E-state index contributed by atoms with van der Waals surface area (Å²) in [6.07, 6.45) is 0.207. The van der Waals surface area contributed by atoms with Crippen LogP contribution in [0, 0.1) is 13.8 Å². The van der Waals surface area contributed by atoms with Crippen molar-refractivity contribution in [3.8, 4) is 0 Å². The first-order valence-corrected chi connectivity index (χ1v) is 16.4. The summed E-state index contributed by atoms with van der Waals surface area (Å²) >= 11 is 12.7. The zero-order valence-corrected chi connectivity index (χ0v) is 27.2. The minimum absolute atomic E-state index is 0.0460. The van der Waals surface area contributed by atoms with Gasteiger partial charge in [-0.15, -0.1) is 0 Å². The first-order valence-electron chi connectivity index (χ1n) is 14.2. The number of hydrogen-bond donors (Lipinski definition) is 1. The van der Waals surface area contributed by atoms with Crippen molar-refractivity contribution in [3.05, 3.63) is 129 Å². The molecule has 0 saturated carbocycles. The topological polar surface area (TPSA) is 86.8 Å². The van der Waals surface area contributed by atoms with Crippen molar-refractivity contribution in [3.63, 3.8) is 0 Å². The summed E-state index contributed by atoms with van der Waals surface area (Å²) in [5.74, 6) is -0.929. The predicted molar refractivity (Wildman–Crippen MR) is 177 cm³/mol. The Kier molecular flexibility index (Phi) is 11.1. The van der Waals surface area contributed by atoms with Crippen LogP contribution in [0.25, 0.3) is 0 Å². The number of likely N-dealkylation sites (N-methyl/N-ethyl adjacent to an activating group) is 1. The lowest BCUT2D eigenvalue weighted by atomic mass is 10.0. The Bertz CT molecular complexity index is 1720. The third-order valence-corrected chi connectivity index (χ3v) is 9.57. The van der Waals surface area contributed by atoms with Gasteiger partial charge in [0.2, 0.25) is 11.8 Å². The summed E-state index contributed by atoms with van der Waals surface area (Å²) in [5.41, 5.74) is 3.42. The normalized spacial score (nSPS) is 11.9. The van der Waals surface area contributed by atoms with Crippen molar-refractivity contribution < 1.29 is 18.0 Å². The summed E-state index contributed by atoms with van der Waals surface area (Å²) in [7, 11) is -4.18. The van der Waals surface area contributed by atoms with Crippen molar-refractivity contribution >= 4 is 50.7 Å². The number of hydrogen-bond acceptors (Lipinski definition) is 4. The Labute approximate surface area is 269 Å². The molecule has 0 aliphatic rings. The molecule has 230 valence electrons. The quantitative estimate of drug-likeness (QED) is 0.187. The smallest absolute Gasteiger partial charge is 0.264 e. The van der Waals surface area contributed by atoms with Gasteiger partial charge in [0, 0.05) is 29.6 Å². The van der Waals surface area contributed by atoms with Gasteiger partial charge in [0.1, 0.15) is 12.6 Å². The van der Waals surface area contributed by atoms with E-state index in [1.165, 1.54) is 17.0 Å². The van der Waals surface area contributed by atoms with Gasteiger partial charge in [0.15, 0.2) is 0 Å². The summed E-state index contributed by atoms with van der Waals surface area (Å²) < 4.78 is 29.3. The molecule has 0 spiro atoms. The summed E-state index contributed by atoms with van der Waals surface area (Å²) in [4.78, 5) is 29.5. The number of amides is 2. The molecule has 0 aromatic heterocycles. The number of anilines is 1. The molecule has 7 nitrogen and oxygen atoms in total. The fraction of sp³-hybridized carbons (Fsp3) is 0.235. The molecule has 1 N–H and O–H groups in total. The van der Waals surface area contributed by atoms with Gasteiger partial charge in [-0.25, -0.2) is 8.42 Å². The molecule has 0 bridgehead atoms. The second kappa shape index (κ2) is 14.8. The molecule has 0 fully saturated rings. The number of nitrogens with zero attached hydrogens (tertiary/aromatic N) is 2. The third-order valence-electron chi connectivity index (χ3n) is 7.21. The van der Waals surface area contributed by atoms with E-state index >= 15 is 0 Å². The van der Waals surface area contributed by atoms with Crippen LogP contribution in [0.3, 0.4) is 0 Å². The van der Waals surface area contributed by atoms with E-state index < -0.39 is 28.5 Å². The zero-order valence-electron chi connectivity index (χ0n) is 24.8. The number of carbonyl (C=O) groups excluding carboxylic acids is 2. The highest BCUT2D eigenvalue weighted by Gasteiger charge is 2.35. The Balaban J connectivity index is 1.83. The Morgan fingerprint density at radius 1 is 0.864 bits per heavy atom. The summed E-state index contributed by atoms with van der Waals surface area (Å²) in [6.45, 7) is 5.28. The predicted octanol–water partition coefficient (Wildman–Crippen LogP) is 6.58. The van der Waals surface area contributed by atoms with E-state index in [9.17, 15) is 18.0 Å². The first-order chi connectivity index (χ1) is 21.0. The first kappa shape index (κ1) is 33.1. The average molecular weight is 653 g/mol. The molecular formula is C34H35Cl2N3O4S. The molecule has 4 aromatic rings. The molecule has 4 aromatic carbocycles. The monoisotopic (exact) mass is 651 g/mol. The second-order valence-corrected chi connectivity index (χ2v) is 13.2. The van der Waals surface area contributed by atoms with Gasteiger partial charge in [-0.3, -0.25) is 13.9 Å². The van der Waals surface area contributed by atoms with Crippen LogP contribution in [0.2, 0.25) is 10.0 Å². The SMILES string of the molecule is CCNC(=O)C(Cc1ccccc1)N(Cc1ccc(Cl)cc1Cl)C(=O)CN(c1ccc(C)cc1C)S(=O)(=O)c1ccccc1. The van der Waals surface area contributed by atoms with Crippen molar-refractivity contribution in [1.29, 1.82) is 0 Å². The van der Waals surface area contributed by atoms with Crippen molar-refractivity contribution in [1.82, 2.24) is 10.2 Å². The van der Waals surface area contributed by atoms with E-state index in [1.807, 2.05) is 43.3 Å². The highest BCUT2D eigenvalue weighted by Crippen LogP contribution is 2.29. The zero-order chi connectivity index (χ0) is 31.9. The van der Waals surface area contributed by atoms with Gasteiger partial charge in [-0.05, 0) is 67.8 Å². The molecule has 44 heavy (non-hydrogen) atoms. The van der Waals surface area contributed by atoms with E-state index in [1.54, 1.807) is 62.4 Å². The molecule has 2 amide bonds. The van der Waals surface area contributed by atoms with Crippen LogP contribution in [0.4, 0.5) is 5.69 Å². The molecule has 0 aliphatic heterocycles. The molecule has 4 rings (SSSR count). The Morgan fingerprint density at radius 3 is 2.14 bits per heavy atom. The number of aryl methyl sites for hydroxylation is 2. The van der Waals surface area contributed by atoms with Crippen LogP contribution in [-0.4, -0.2) is 44.3 Å². The third kappa shape index (κ3) is 8.00. The molecule has 10 heteroatoms. The molecule has 1 atom stereocenters. The van der Waals surface area contributed by atoms with Crippen molar-refractivity contribution in [2.24, 2.45) is 0 Å². The Hall–Kier alpha value is -3.85. The highest BCUT2D eigenvalue weighted by atomic mass is 35.5. The number of halogens is 2. The van der Waals surface area contributed by atoms with Gasteiger partial charge in [0.05, 0.1) is 10.6 Å².